The number of pyridine rings is 1. The lowest BCUT2D eigenvalue weighted by Crippen LogP contribution is -2.47. The van der Waals surface area contributed by atoms with Gasteiger partial charge in [0.05, 0.1) is 18.7 Å². The third kappa shape index (κ3) is 1.97. The number of amides is 1. The summed E-state index contributed by atoms with van der Waals surface area (Å²) in [6.07, 6.45) is 3.01. The molecule has 1 amide bonds. The van der Waals surface area contributed by atoms with Crippen molar-refractivity contribution >= 4 is 5.91 Å². The van der Waals surface area contributed by atoms with E-state index in [0.717, 1.165) is 0 Å². The molecule has 4 nitrogen and oxygen atoms in total. The summed E-state index contributed by atoms with van der Waals surface area (Å²) in [6.45, 7) is 3.93. The van der Waals surface area contributed by atoms with Gasteiger partial charge in [0.15, 0.2) is 0 Å². The maximum Gasteiger partial charge on any atom is 0.347 e. The molecule has 1 rings (SSSR count). The van der Waals surface area contributed by atoms with Crippen LogP contribution in [0.3, 0.4) is 0 Å². The molecule has 0 fully saturated rings. The number of hydrogen-bond donors (Lipinski definition) is 0. The van der Waals surface area contributed by atoms with E-state index in [9.17, 15) is 10.0 Å². The van der Waals surface area contributed by atoms with Crippen LogP contribution in [-0.2, 0) is 0 Å². The van der Waals surface area contributed by atoms with Gasteiger partial charge >= 0.3 is 5.91 Å². The SMILES string of the molecule is CC[N+]([O-])(CC)C(=O)c1cccnc1. The average molecular weight is 194 g/mol. The molecule has 14 heavy (non-hydrogen) atoms. The fourth-order valence-electron chi connectivity index (χ4n) is 1.24. The first kappa shape index (κ1) is 10.8. The van der Waals surface area contributed by atoms with Gasteiger partial charge in [0.1, 0.15) is 0 Å². The predicted molar refractivity (Wildman–Crippen MR) is 53.3 cm³/mol. The normalized spacial score (nSPS) is 11.4. The molecule has 0 N–H and O–H groups in total. The van der Waals surface area contributed by atoms with Gasteiger partial charge in [-0.05, 0) is 26.0 Å². The summed E-state index contributed by atoms with van der Waals surface area (Å²) in [7, 11) is 0. The van der Waals surface area contributed by atoms with Gasteiger partial charge in [0, 0.05) is 12.4 Å². The molecule has 0 spiro atoms. The topological polar surface area (TPSA) is 53.0 Å². The minimum absolute atomic E-state index is 0.254. The highest BCUT2D eigenvalue weighted by Gasteiger charge is 2.24. The minimum Gasteiger partial charge on any atom is -0.625 e. The van der Waals surface area contributed by atoms with E-state index in [1.807, 2.05) is 0 Å². The van der Waals surface area contributed by atoms with Crippen molar-refractivity contribution in [3.63, 3.8) is 0 Å². The number of hydroxylamine groups is 3. The van der Waals surface area contributed by atoms with Crippen LogP contribution in [0, 0.1) is 5.21 Å². The molecule has 1 aromatic heterocycles. The van der Waals surface area contributed by atoms with Crippen LogP contribution in [-0.4, -0.2) is 28.6 Å². The number of quaternary nitrogens is 1. The van der Waals surface area contributed by atoms with Gasteiger partial charge < -0.3 is 5.21 Å². The molecule has 0 aliphatic heterocycles. The fraction of sp³-hybridized carbons (Fsp3) is 0.400. The Kier molecular flexibility index (Phi) is 3.33. The molecule has 1 heterocycles. The van der Waals surface area contributed by atoms with Crippen LogP contribution < -0.4 is 0 Å². The van der Waals surface area contributed by atoms with Crippen LogP contribution >= 0.6 is 0 Å². The first-order valence-electron chi connectivity index (χ1n) is 4.67. The molecule has 0 radical (unpaired) electrons. The highest BCUT2D eigenvalue weighted by molar-refractivity contribution is 5.88. The second kappa shape index (κ2) is 4.30. The Morgan fingerprint density at radius 3 is 2.57 bits per heavy atom. The van der Waals surface area contributed by atoms with E-state index < -0.39 is 10.6 Å². The molecule has 0 aromatic carbocycles. The van der Waals surface area contributed by atoms with E-state index in [0.29, 0.717) is 5.56 Å². The lowest BCUT2D eigenvalue weighted by molar-refractivity contribution is -0.793. The van der Waals surface area contributed by atoms with Crippen molar-refractivity contribution in [2.45, 2.75) is 13.8 Å². The second-order valence-electron chi connectivity index (χ2n) is 3.07. The zero-order valence-corrected chi connectivity index (χ0v) is 8.43. The molecule has 0 saturated carbocycles. The van der Waals surface area contributed by atoms with Crippen LogP contribution in [0.1, 0.15) is 24.2 Å². The molecule has 0 bridgehead atoms. The van der Waals surface area contributed by atoms with E-state index >= 15 is 0 Å². The van der Waals surface area contributed by atoms with Crippen LogP contribution in [0.15, 0.2) is 24.5 Å². The molecule has 0 saturated heterocycles. The van der Waals surface area contributed by atoms with Crippen molar-refractivity contribution in [2.24, 2.45) is 0 Å². The van der Waals surface area contributed by atoms with Crippen molar-refractivity contribution in [1.82, 2.24) is 4.98 Å². The van der Waals surface area contributed by atoms with Gasteiger partial charge in [0.2, 0.25) is 0 Å². The molecule has 0 aliphatic rings. The molecule has 0 unspecified atom stereocenters. The van der Waals surface area contributed by atoms with Gasteiger partial charge in [-0.15, -0.1) is 0 Å². The first-order valence-corrected chi connectivity index (χ1v) is 4.67. The summed E-state index contributed by atoms with van der Waals surface area (Å²) < 4.78 is -0.814. The highest BCUT2D eigenvalue weighted by atomic mass is 16.6. The molecule has 1 aromatic rings. The minimum atomic E-state index is -0.814. The van der Waals surface area contributed by atoms with Gasteiger partial charge in [-0.1, -0.05) is 0 Å². The van der Waals surface area contributed by atoms with E-state index in [2.05, 4.69) is 4.98 Å². The number of hydrogen-bond acceptors (Lipinski definition) is 3. The molecule has 0 atom stereocenters. The van der Waals surface area contributed by atoms with Crippen LogP contribution in [0.5, 0.6) is 0 Å². The lowest BCUT2D eigenvalue weighted by Gasteiger charge is -2.37. The number of carbonyl (C=O) groups is 1. The summed E-state index contributed by atoms with van der Waals surface area (Å²) in [5, 5.41) is 11.9. The van der Waals surface area contributed by atoms with E-state index in [-0.39, 0.29) is 13.1 Å². The highest BCUT2D eigenvalue weighted by Crippen LogP contribution is 2.11. The molecular formula is C10H14N2O2. The summed E-state index contributed by atoms with van der Waals surface area (Å²) in [6, 6.07) is 3.27. The molecular weight excluding hydrogens is 180 g/mol. The van der Waals surface area contributed by atoms with Crippen molar-refractivity contribution in [3.8, 4) is 0 Å². The van der Waals surface area contributed by atoms with Gasteiger partial charge in [-0.2, -0.15) is 0 Å². The maximum atomic E-state index is 11.9. The van der Waals surface area contributed by atoms with Crippen molar-refractivity contribution in [2.75, 3.05) is 13.1 Å². The van der Waals surface area contributed by atoms with E-state index in [4.69, 9.17) is 0 Å². The zero-order valence-electron chi connectivity index (χ0n) is 8.43. The first-order chi connectivity index (χ1) is 6.64. The Hall–Kier alpha value is -1.26. The summed E-state index contributed by atoms with van der Waals surface area (Å²) in [4.78, 5) is 15.6. The smallest absolute Gasteiger partial charge is 0.347 e. The van der Waals surface area contributed by atoms with Crippen molar-refractivity contribution in [1.29, 1.82) is 0 Å². The van der Waals surface area contributed by atoms with Crippen LogP contribution in [0.4, 0.5) is 0 Å². The number of nitrogens with zero attached hydrogens (tertiary/aromatic N) is 2. The van der Waals surface area contributed by atoms with E-state index in [1.54, 1.807) is 32.2 Å². The van der Waals surface area contributed by atoms with Crippen LogP contribution in [0.2, 0.25) is 0 Å². The Labute approximate surface area is 83.4 Å². The van der Waals surface area contributed by atoms with Gasteiger partial charge in [-0.3, -0.25) is 9.63 Å². The summed E-state index contributed by atoms with van der Waals surface area (Å²) >= 11 is 0. The molecule has 76 valence electrons. The number of aromatic nitrogens is 1. The number of carbonyl (C=O) groups excluding carboxylic acids is 1. The molecule has 0 aliphatic carbocycles. The average Bonchev–Trinajstić information content (AvgIpc) is 2.28. The summed E-state index contributed by atoms with van der Waals surface area (Å²) in [5.74, 6) is -0.414. The van der Waals surface area contributed by atoms with Gasteiger partial charge in [0.25, 0.3) is 0 Å². The van der Waals surface area contributed by atoms with Crippen molar-refractivity contribution in [3.05, 3.63) is 35.3 Å². The monoisotopic (exact) mass is 194 g/mol. The third-order valence-electron chi connectivity index (χ3n) is 2.30. The maximum absolute atomic E-state index is 11.9. The quantitative estimate of drug-likeness (QED) is 0.542. The standard InChI is InChI=1S/C10H14N2O2/c1-3-12(14,4-2)10(13)9-6-5-7-11-8-9/h5-8H,3-4H2,1-2H3. The lowest BCUT2D eigenvalue weighted by atomic mass is 10.2. The Morgan fingerprint density at radius 1 is 1.50 bits per heavy atom. The Bertz CT molecular complexity index is 307. The van der Waals surface area contributed by atoms with Crippen LogP contribution in [0.25, 0.3) is 0 Å². The third-order valence-corrected chi connectivity index (χ3v) is 2.30. The zero-order chi connectivity index (χ0) is 10.6. The second-order valence-corrected chi connectivity index (χ2v) is 3.07. The Morgan fingerprint density at radius 2 is 2.14 bits per heavy atom. The largest absolute Gasteiger partial charge is 0.625 e. The van der Waals surface area contributed by atoms with E-state index in [1.165, 1.54) is 6.20 Å². The fourth-order valence-corrected chi connectivity index (χ4v) is 1.24. The predicted octanol–water partition coefficient (Wildman–Crippen LogP) is 1.58. The summed E-state index contributed by atoms with van der Waals surface area (Å²) in [5.41, 5.74) is 0.381. The molecule has 4 heteroatoms. The number of rotatable bonds is 3. The van der Waals surface area contributed by atoms with Gasteiger partial charge in [-0.25, -0.2) is 4.79 Å². The Balaban J connectivity index is 2.95. The van der Waals surface area contributed by atoms with Crippen molar-refractivity contribution < 1.29 is 9.44 Å².